The summed E-state index contributed by atoms with van der Waals surface area (Å²) in [5, 5.41) is 12.4. The van der Waals surface area contributed by atoms with Crippen molar-refractivity contribution in [3.8, 4) is 0 Å². The summed E-state index contributed by atoms with van der Waals surface area (Å²) in [7, 11) is 0. The number of aliphatic hydroxyl groups is 1. The van der Waals surface area contributed by atoms with Gasteiger partial charge in [-0.3, -0.25) is 0 Å². The Hall–Kier alpha value is -0.290. The molecule has 1 atom stereocenters. The summed E-state index contributed by atoms with van der Waals surface area (Å²) in [5.41, 5.74) is 0.0348. The van der Waals surface area contributed by atoms with Gasteiger partial charge in [0.2, 0.25) is 0 Å². The molecule has 5 heteroatoms. The monoisotopic (exact) mass is 241 g/mol. The third kappa shape index (κ3) is 11.8. The largest absolute Gasteiger partial charge is 0.392 e. The van der Waals surface area contributed by atoms with E-state index in [0.717, 1.165) is 0 Å². The van der Waals surface area contributed by atoms with E-state index in [2.05, 4.69) is 5.32 Å². The first-order chi connectivity index (χ1) is 7.10. The second kappa shape index (κ2) is 6.45. The molecule has 0 saturated carbocycles. The molecule has 16 heavy (non-hydrogen) atoms. The van der Waals surface area contributed by atoms with Crippen molar-refractivity contribution in [2.24, 2.45) is 5.41 Å². The van der Waals surface area contributed by atoms with Crippen LogP contribution in [0.5, 0.6) is 0 Å². The molecule has 1 unspecified atom stereocenters. The van der Waals surface area contributed by atoms with Crippen LogP contribution in [0.25, 0.3) is 0 Å². The van der Waals surface area contributed by atoms with Crippen LogP contribution in [-0.2, 0) is 0 Å². The molecule has 2 N–H and O–H groups in total. The number of rotatable bonds is 6. The molecule has 0 amide bonds. The lowest BCUT2D eigenvalue weighted by Gasteiger charge is -2.22. The second-order valence-electron chi connectivity index (χ2n) is 5.34. The molecule has 0 aliphatic carbocycles. The van der Waals surface area contributed by atoms with Gasteiger partial charge in [-0.15, -0.1) is 0 Å². The standard InChI is InChI=1S/C11H22F3NO/c1-10(2,3)7-9(16)8-15-6-4-5-11(12,13)14/h9,15-16H,4-8H2,1-3H3. The lowest BCUT2D eigenvalue weighted by molar-refractivity contribution is -0.135. The predicted octanol–water partition coefficient (Wildman–Crippen LogP) is 2.72. The van der Waals surface area contributed by atoms with Crippen molar-refractivity contribution >= 4 is 0 Å². The maximum Gasteiger partial charge on any atom is 0.389 e. The first kappa shape index (κ1) is 15.7. The van der Waals surface area contributed by atoms with Crippen LogP contribution in [0.15, 0.2) is 0 Å². The fourth-order valence-corrected chi connectivity index (χ4v) is 1.46. The SMILES string of the molecule is CC(C)(C)CC(O)CNCCCC(F)(F)F. The highest BCUT2D eigenvalue weighted by atomic mass is 19.4. The minimum Gasteiger partial charge on any atom is -0.392 e. The fraction of sp³-hybridized carbons (Fsp3) is 1.00. The van der Waals surface area contributed by atoms with E-state index in [1.807, 2.05) is 20.8 Å². The summed E-state index contributed by atoms with van der Waals surface area (Å²) in [5.74, 6) is 0. The molecule has 0 spiro atoms. The number of nitrogens with one attached hydrogen (secondary N) is 1. The van der Waals surface area contributed by atoms with Gasteiger partial charge in [0.25, 0.3) is 0 Å². The Morgan fingerprint density at radius 2 is 1.75 bits per heavy atom. The van der Waals surface area contributed by atoms with Crippen molar-refractivity contribution in [1.29, 1.82) is 0 Å². The molecule has 0 aromatic carbocycles. The van der Waals surface area contributed by atoms with Crippen molar-refractivity contribution in [3.05, 3.63) is 0 Å². The van der Waals surface area contributed by atoms with Gasteiger partial charge in [0.1, 0.15) is 0 Å². The van der Waals surface area contributed by atoms with E-state index < -0.39 is 18.7 Å². The highest BCUT2D eigenvalue weighted by molar-refractivity contribution is 4.69. The van der Waals surface area contributed by atoms with E-state index in [1.54, 1.807) is 0 Å². The summed E-state index contributed by atoms with van der Waals surface area (Å²) >= 11 is 0. The van der Waals surface area contributed by atoms with E-state index in [-0.39, 0.29) is 11.8 Å². The zero-order chi connectivity index (χ0) is 12.8. The number of hydrogen-bond acceptors (Lipinski definition) is 2. The van der Waals surface area contributed by atoms with Crippen LogP contribution in [0.1, 0.15) is 40.0 Å². The van der Waals surface area contributed by atoms with E-state index in [0.29, 0.717) is 19.5 Å². The topological polar surface area (TPSA) is 32.3 Å². The maximum atomic E-state index is 11.8. The smallest absolute Gasteiger partial charge is 0.389 e. The lowest BCUT2D eigenvalue weighted by Crippen LogP contribution is -2.31. The molecule has 0 radical (unpaired) electrons. The summed E-state index contributed by atoms with van der Waals surface area (Å²) in [6, 6.07) is 0. The van der Waals surface area contributed by atoms with Crippen molar-refractivity contribution < 1.29 is 18.3 Å². The van der Waals surface area contributed by atoms with Crippen LogP contribution < -0.4 is 5.32 Å². The van der Waals surface area contributed by atoms with Crippen molar-refractivity contribution in [3.63, 3.8) is 0 Å². The van der Waals surface area contributed by atoms with Gasteiger partial charge in [-0.1, -0.05) is 20.8 Å². The molecule has 0 aliphatic heterocycles. The number of aliphatic hydroxyl groups excluding tert-OH is 1. The average Bonchev–Trinajstić information content (AvgIpc) is 1.97. The van der Waals surface area contributed by atoms with Crippen LogP contribution in [0.4, 0.5) is 13.2 Å². The van der Waals surface area contributed by atoms with E-state index in [1.165, 1.54) is 0 Å². The molecule has 0 aliphatic rings. The molecule has 0 rings (SSSR count). The molecule has 0 saturated heterocycles. The number of halogens is 3. The fourth-order valence-electron chi connectivity index (χ4n) is 1.46. The Morgan fingerprint density at radius 1 is 1.19 bits per heavy atom. The molecule has 0 bridgehead atoms. The molecule has 0 aromatic rings. The molecular formula is C11H22F3NO. The average molecular weight is 241 g/mol. The zero-order valence-corrected chi connectivity index (χ0v) is 10.2. The molecule has 0 heterocycles. The Morgan fingerprint density at radius 3 is 2.19 bits per heavy atom. The highest BCUT2D eigenvalue weighted by Gasteiger charge is 2.25. The third-order valence-electron chi connectivity index (χ3n) is 2.04. The van der Waals surface area contributed by atoms with Gasteiger partial charge in [0.05, 0.1) is 6.10 Å². The zero-order valence-electron chi connectivity index (χ0n) is 10.2. The van der Waals surface area contributed by atoms with Gasteiger partial charge in [0.15, 0.2) is 0 Å². The Balaban J connectivity index is 3.45. The highest BCUT2D eigenvalue weighted by Crippen LogP contribution is 2.21. The Labute approximate surface area is 95.2 Å². The minimum atomic E-state index is -4.08. The molecule has 98 valence electrons. The van der Waals surface area contributed by atoms with Gasteiger partial charge in [-0.2, -0.15) is 13.2 Å². The van der Waals surface area contributed by atoms with Crippen LogP contribution in [0.2, 0.25) is 0 Å². The number of alkyl halides is 3. The van der Waals surface area contributed by atoms with Gasteiger partial charge < -0.3 is 10.4 Å². The van der Waals surface area contributed by atoms with E-state index in [4.69, 9.17) is 0 Å². The van der Waals surface area contributed by atoms with Crippen LogP contribution in [0.3, 0.4) is 0 Å². The van der Waals surface area contributed by atoms with Gasteiger partial charge in [0, 0.05) is 13.0 Å². The first-order valence-corrected chi connectivity index (χ1v) is 5.56. The van der Waals surface area contributed by atoms with Gasteiger partial charge in [-0.25, -0.2) is 0 Å². The quantitative estimate of drug-likeness (QED) is 0.701. The summed E-state index contributed by atoms with van der Waals surface area (Å²) in [6.07, 6.45) is -4.64. The summed E-state index contributed by atoms with van der Waals surface area (Å²) in [6.45, 7) is 6.69. The van der Waals surface area contributed by atoms with Crippen molar-refractivity contribution in [1.82, 2.24) is 5.32 Å². The third-order valence-corrected chi connectivity index (χ3v) is 2.04. The minimum absolute atomic E-state index is 0.0348. The predicted molar refractivity (Wildman–Crippen MR) is 58.2 cm³/mol. The van der Waals surface area contributed by atoms with Crippen molar-refractivity contribution in [2.45, 2.75) is 52.3 Å². The van der Waals surface area contributed by atoms with Crippen LogP contribution in [-0.4, -0.2) is 30.5 Å². The Bertz CT molecular complexity index is 187. The van der Waals surface area contributed by atoms with E-state index >= 15 is 0 Å². The lowest BCUT2D eigenvalue weighted by atomic mass is 9.89. The van der Waals surface area contributed by atoms with Gasteiger partial charge >= 0.3 is 6.18 Å². The number of hydrogen-bond donors (Lipinski definition) is 2. The first-order valence-electron chi connectivity index (χ1n) is 5.56. The van der Waals surface area contributed by atoms with Crippen LogP contribution in [0, 0.1) is 5.41 Å². The van der Waals surface area contributed by atoms with Crippen LogP contribution >= 0.6 is 0 Å². The summed E-state index contributed by atoms with van der Waals surface area (Å²) in [4.78, 5) is 0. The van der Waals surface area contributed by atoms with Gasteiger partial charge in [-0.05, 0) is 24.8 Å². The maximum absolute atomic E-state index is 11.8. The molecule has 2 nitrogen and oxygen atoms in total. The summed E-state index contributed by atoms with van der Waals surface area (Å²) < 4.78 is 35.4. The van der Waals surface area contributed by atoms with E-state index in [9.17, 15) is 18.3 Å². The molecule has 0 aromatic heterocycles. The molecular weight excluding hydrogens is 219 g/mol. The normalized spacial score (nSPS) is 15.2. The van der Waals surface area contributed by atoms with Crippen molar-refractivity contribution in [2.75, 3.05) is 13.1 Å². The molecule has 0 fully saturated rings. The Kier molecular flexibility index (Phi) is 6.33. The second-order valence-corrected chi connectivity index (χ2v) is 5.34.